The number of rotatable bonds is 8. The van der Waals surface area contributed by atoms with Gasteiger partial charge in [0.05, 0.1) is 12.7 Å². The van der Waals surface area contributed by atoms with Crippen molar-refractivity contribution in [2.75, 3.05) is 13.7 Å². The predicted molar refractivity (Wildman–Crippen MR) is 76.1 cm³/mol. The third kappa shape index (κ3) is 4.69. The summed E-state index contributed by atoms with van der Waals surface area (Å²) in [5.41, 5.74) is -0.140. The summed E-state index contributed by atoms with van der Waals surface area (Å²) in [7, 11) is -2.60. The lowest BCUT2D eigenvalue weighted by atomic mass is 10.2. The lowest BCUT2D eigenvalue weighted by Gasteiger charge is -2.16. The summed E-state index contributed by atoms with van der Waals surface area (Å²) >= 11 is 0. The molecule has 1 aromatic carbocycles. The molecule has 21 heavy (non-hydrogen) atoms. The molecule has 0 spiro atoms. The Morgan fingerprint density at radius 3 is 2.62 bits per heavy atom. The zero-order valence-corrected chi connectivity index (χ0v) is 12.7. The minimum Gasteiger partial charge on any atom is -0.495 e. The smallest absolute Gasteiger partial charge is 0.335 e. The number of sulfonamides is 1. The summed E-state index contributed by atoms with van der Waals surface area (Å²) in [4.78, 5) is 10.7. The molecule has 0 aliphatic heterocycles. The van der Waals surface area contributed by atoms with Gasteiger partial charge in [-0.15, -0.1) is 0 Å². The molecule has 0 amide bonds. The number of aromatic carboxylic acids is 1. The first-order chi connectivity index (χ1) is 9.81. The number of methoxy groups -OCH3 is 1. The highest BCUT2D eigenvalue weighted by molar-refractivity contribution is 7.89. The third-order valence-electron chi connectivity index (χ3n) is 2.85. The van der Waals surface area contributed by atoms with Gasteiger partial charge in [0.25, 0.3) is 0 Å². The van der Waals surface area contributed by atoms with Crippen molar-refractivity contribution in [2.24, 2.45) is 0 Å². The van der Waals surface area contributed by atoms with Crippen molar-refractivity contribution >= 4 is 16.0 Å². The summed E-state index contributed by atoms with van der Waals surface area (Å²) < 4.78 is 32.0. The van der Waals surface area contributed by atoms with Crippen LogP contribution in [0.5, 0.6) is 5.75 Å². The summed E-state index contributed by atoms with van der Waals surface area (Å²) in [6.07, 6.45) is 0.937. The van der Waals surface area contributed by atoms with Crippen LogP contribution < -0.4 is 9.46 Å². The lowest BCUT2D eigenvalue weighted by molar-refractivity contribution is 0.0696. The van der Waals surface area contributed by atoms with Gasteiger partial charge in [-0.1, -0.05) is 0 Å². The second kappa shape index (κ2) is 7.39. The molecule has 0 bridgehead atoms. The van der Waals surface area contributed by atoms with E-state index in [0.29, 0.717) is 12.8 Å². The molecule has 3 N–H and O–H groups in total. The number of hydrogen-bond donors (Lipinski definition) is 3. The Morgan fingerprint density at radius 1 is 1.43 bits per heavy atom. The molecule has 0 aromatic heterocycles. The Kier molecular flexibility index (Phi) is 6.13. The molecule has 7 nitrogen and oxygen atoms in total. The molecule has 1 atom stereocenters. The van der Waals surface area contributed by atoms with Gasteiger partial charge in [-0.05, 0) is 38.0 Å². The number of carbonyl (C=O) groups is 1. The molecule has 0 saturated carbocycles. The molecular formula is C13H19NO6S. The van der Waals surface area contributed by atoms with Crippen LogP contribution in [0.3, 0.4) is 0 Å². The molecular weight excluding hydrogens is 298 g/mol. The first kappa shape index (κ1) is 17.4. The Hall–Kier alpha value is -1.64. The van der Waals surface area contributed by atoms with Gasteiger partial charge in [-0.2, -0.15) is 0 Å². The fraction of sp³-hybridized carbons (Fsp3) is 0.462. The van der Waals surface area contributed by atoms with Crippen LogP contribution in [0.2, 0.25) is 0 Å². The summed E-state index contributed by atoms with van der Waals surface area (Å²) in [6, 6.07) is 3.24. The largest absolute Gasteiger partial charge is 0.495 e. The van der Waals surface area contributed by atoms with Crippen molar-refractivity contribution in [3.8, 4) is 5.75 Å². The first-order valence-corrected chi connectivity index (χ1v) is 7.84. The minimum absolute atomic E-state index is 0.0239. The third-order valence-corrected chi connectivity index (χ3v) is 4.46. The van der Waals surface area contributed by atoms with Crippen molar-refractivity contribution in [1.82, 2.24) is 4.72 Å². The Bertz CT molecular complexity index is 599. The van der Waals surface area contributed by atoms with E-state index in [2.05, 4.69) is 4.72 Å². The standard InChI is InChI=1S/C13H19NO6S/c1-9(4-3-7-15)14-21(18,19)12-8-10(13(16)17)5-6-11(12)20-2/h5-6,8-9,14-15H,3-4,7H2,1-2H3,(H,16,17). The Morgan fingerprint density at radius 2 is 2.10 bits per heavy atom. The van der Waals surface area contributed by atoms with Crippen LogP contribution in [0, 0.1) is 0 Å². The lowest BCUT2D eigenvalue weighted by Crippen LogP contribution is -2.33. The van der Waals surface area contributed by atoms with Crippen molar-refractivity contribution in [3.63, 3.8) is 0 Å². The van der Waals surface area contributed by atoms with E-state index in [1.54, 1.807) is 6.92 Å². The number of nitrogens with one attached hydrogen (secondary N) is 1. The highest BCUT2D eigenvalue weighted by atomic mass is 32.2. The van der Waals surface area contributed by atoms with E-state index in [1.165, 1.54) is 19.2 Å². The topological polar surface area (TPSA) is 113 Å². The zero-order chi connectivity index (χ0) is 16.0. The molecule has 0 heterocycles. The van der Waals surface area contributed by atoms with Crippen molar-refractivity contribution in [1.29, 1.82) is 0 Å². The summed E-state index contributed by atoms with van der Waals surface area (Å²) in [5, 5.41) is 17.7. The number of aliphatic hydroxyl groups is 1. The molecule has 1 aromatic rings. The van der Waals surface area contributed by atoms with Gasteiger partial charge >= 0.3 is 5.97 Å². The van der Waals surface area contributed by atoms with Crippen LogP contribution in [0.4, 0.5) is 0 Å². The van der Waals surface area contributed by atoms with E-state index in [-0.39, 0.29) is 28.9 Å². The van der Waals surface area contributed by atoms with Gasteiger partial charge in [0, 0.05) is 12.6 Å². The number of ether oxygens (including phenoxy) is 1. The maximum absolute atomic E-state index is 12.3. The molecule has 0 fully saturated rings. The molecule has 118 valence electrons. The fourth-order valence-corrected chi connectivity index (χ4v) is 3.28. The number of benzene rings is 1. The van der Waals surface area contributed by atoms with Crippen LogP contribution in [0.15, 0.2) is 23.1 Å². The van der Waals surface area contributed by atoms with Crippen LogP contribution in [-0.2, 0) is 10.0 Å². The highest BCUT2D eigenvalue weighted by Crippen LogP contribution is 2.25. The average Bonchev–Trinajstić information content (AvgIpc) is 2.43. The Balaban J connectivity index is 3.11. The van der Waals surface area contributed by atoms with Gasteiger partial charge in [0.1, 0.15) is 10.6 Å². The maximum atomic E-state index is 12.3. The summed E-state index contributed by atoms with van der Waals surface area (Å²) in [6.45, 7) is 1.64. The maximum Gasteiger partial charge on any atom is 0.335 e. The number of aliphatic hydroxyl groups excluding tert-OH is 1. The minimum atomic E-state index is -3.91. The van der Waals surface area contributed by atoms with E-state index in [1.807, 2.05) is 0 Å². The van der Waals surface area contributed by atoms with Crippen molar-refractivity contribution in [2.45, 2.75) is 30.7 Å². The molecule has 8 heteroatoms. The molecule has 0 radical (unpaired) electrons. The molecule has 0 saturated heterocycles. The SMILES string of the molecule is COc1ccc(C(=O)O)cc1S(=O)(=O)NC(C)CCCO. The van der Waals surface area contributed by atoms with Gasteiger partial charge in [-0.25, -0.2) is 17.9 Å². The van der Waals surface area contributed by atoms with Gasteiger partial charge in [0.15, 0.2) is 0 Å². The summed E-state index contributed by atoms with van der Waals surface area (Å²) in [5.74, 6) is -1.15. The van der Waals surface area contributed by atoms with Crippen LogP contribution in [0.1, 0.15) is 30.1 Å². The van der Waals surface area contributed by atoms with E-state index in [0.717, 1.165) is 6.07 Å². The van der Waals surface area contributed by atoms with E-state index >= 15 is 0 Å². The van der Waals surface area contributed by atoms with E-state index < -0.39 is 16.0 Å². The number of carboxylic acid groups (broad SMARTS) is 1. The molecule has 0 aliphatic carbocycles. The van der Waals surface area contributed by atoms with Crippen LogP contribution in [0.25, 0.3) is 0 Å². The van der Waals surface area contributed by atoms with Crippen LogP contribution >= 0.6 is 0 Å². The quantitative estimate of drug-likeness (QED) is 0.654. The average molecular weight is 317 g/mol. The second-order valence-corrected chi connectivity index (χ2v) is 6.24. The monoisotopic (exact) mass is 317 g/mol. The van der Waals surface area contributed by atoms with Gasteiger partial charge in [0.2, 0.25) is 10.0 Å². The molecule has 1 rings (SSSR count). The molecule has 1 unspecified atom stereocenters. The predicted octanol–water partition coefficient (Wildman–Crippen LogP) is 0.833. The highest BCUT2D eigenvalue weighted by Gasteiger charge is 2.23. The van der Waals surface area contributed by atoms with E-state index in [9.17, 15) is 13.2 Å². The second-order valence-electron chi connectivity index (χ2n) is 4.56. The number of hydrogen-bond acceptors (Lipinski definition) is 5. The van der Waals surface area contributed by atoms with Crippen LogP contribution in [-0.4, -0.2) is 44.4 Å². The normalized spacial score (nSPS) is 12.9. The number of carboxylic acids is 1. The van der Waals surface area contributed by atoms with Gasteiger partial charge < -0.3 is 14.9 Å². The Labute approximate surface area is 123 Å². The zero-order valence-electron chi connectivity index (χ0n) is 11.9. The van der Waals surface area contributed by atoms with Crippen molar-refractivity contribution in [3.05, 3.63) is 23.8 Å². The first-order valence-electron chi connectivity index (χ1n) is 6.36. The van der Waals surface area contributed by atoms with Gasteiger partial charge in [-0.3, -0.25) is 0 Å². The van der Waals surface area contributed by atoms with E-state index in [4.69, 9.17) is 14.9 Å². The fourth-order valence-electron chi connectivity index (χ4n) is 1.80. The van der Waals surface area contributed by atoms with Crippen molar-refractivity contribution < 1.29 is 28.2 Å². The molecule has 0 aliphatic rings.